The number of aromatic nitrogens is 4. The zero-order valence-electron chi connectivity index (χ0n) is 25.0. The van der Waals surface area contributed by atoms with Crippen LogP contribution in [0.2, 0.25) is 0 Å². The molecule has 0 saturated heterocycles. The second-order valence-corrected chi connectivity index (χ2v) is 14.9. The standard InChI is InChI=1S/C35H38FN5O2/c1-22-14-26(17-40-16-23(2)37-29(22)40)25-4-3-5-27(15-25)41(31(42)34-18-35(36,19-34)20-34)21-32-8-11-33(12-9-32,13-10-32)30-38-28(39-43-30)24-6-7-24/h3-5,14-17,24H,6-13,18-21H2,1-2H3. The van der Waals surface area contributed by atoms with E-state index in [9.17, 15) is 9.18 Å². The van der Waals surface area contributed by atoms with Gasteiger partial charge in [-0.2, -0.15) is 4.98 Å². The number of imidazole rings is 1. The predicted molar refractivity (Wildman–Crippen MR) is 161 cm³/mol. The van der Waals surface area contributed by atoms with Crippen LogP contribution in [0.25, 0.3) is 16.8 Å². The lowest BCUT2D eigenvalue weighted by Crippen LogP contribution is -2.71. The zero-order chi connectivity index (χ0) is 29.2. The fourth-order valence-corrected chi connectivity index (χ4v) is 8.97. The van der Waals surface area contributed by atoms with Crippen LogP contribution < -0.4 is 4.90 Å². The molecule has 0 N–H and O–H groups in total. The topological polar surface area (TPSA) is 76.5 Å². The van der Waals surface area contributed by atoms with Crippen LogP contribution in [-0.2, 0) is 10.2 Å². The van der Waals surface area contributed by atoms with Crippen molar-refractivity contribution in [2.24, 2.45) is 10.8 Å². The summed E-state index contributed by atoms with van der Waals surface area (Å²) in [6.45, 7) is 4.78. The van der Waals surface area contributed by atoms with Crippen LogP contribution in [-0.4, -0.2) is 37.6 Å². The first-order valence-electron chi connectivity index (χ1n) is 16.1. The molecule has 7 aliphatic carbocycles. The van der Waals surface area contributed by atoms with Gasteiger partial charge >= 0.3 is 0 Å². The van der Waals surface area contributed by atoms with Gasteiger partial charge in [0.05, 0.1) is 11.1 Å². The van der Waals surface area contributed by atoms with Gasteiger partial charge in [0.15, 0.2) is 5.82 Å². The molecule has 8 heteroatoms. The van der Waals surface area contributed by atoms with Gasteiger partial charge in [-0.15, -0.1) is 0 Å². The first-order valence-corrected chi connectivity index (χ1v) is 16.1. The SMILES string of the molecule is Cc1cn2cc(-c3cccc(N(CC45CCC(c6nc(C7CC7)no6)(CC4)CC5)C(=O)C45CC(F)(C4)C5)c3)cc(C)c2n1. The molecule has 11 rings (SSSR count). The maximum atomic E-state index is 14.7. The highest BCUT2D eigenvalue weighted by molar-refractivity contribution is 6.00. The fraction of sp³-hybridized carbons (Fsp3) is 0.543. The van der Waals surface area contributed by atoms with Gasteiger partial charge < -0.3 is 13.8 Å². The van der Waals surface area contributed by atoms with Crippen LogP contribution in [0, 0.1) is 24.7 Å². The summed E-state index contributed by atoms with van der Waals surface area (Å²) in [5, 5.41) is 4.33. The van der Waals surface area contributed by atoms with Crippen molar-refractivity contribution in [2.75, 3.05) is 11.4 Å². The molecule has 0 radical (unpaired) electrons. The number of rotatable bonds is 7. The first kappa shape index (κ1) is 25.9. The van der Waals surface area contributed by atoms with E-state index in [2.05, 4.69) is 58.0 Å². The summed E-state index contributed by atoms with van der Waals surface area (Å²) in [5.41, 5.74) is 4.53. The highest BCUT2D eigenvalue weighted by Crippen LogP contribution is 2.70. The lowest BCUT2D eigenvalue weighted by molar-refractivity contribution is -0.211. The minimum absolute atomic E-state index is 0.0205. The van der Waals surface area contributed by atoms with Crippen LogP contribution in [0.1, 0.15) is 99.5 Å². The Morgan fingerprint density at radius 2 is 1.74 bits per heavy atom. The van der Waals surface area contributed by atoms with Gasteiger partial charge in [-0.1, -0.05) is 17.3 Å². The smallest absolute Gasteiger partial charge is 0.233 e. The van der Waals surface area contributed by atoms with Crippen LogP contribution in [0.15, 0.2) is 47.2 Å². The number of carbonyl (C=O) groups is 1. The van der Waals surface area contributed by atoms with Gasteiger partial charge in [-0.3, -0.25) is 4.79 Å². The van der Waals surface area contributed by atoms with Crippen LogP contribution in [0.5, 0.6) is 0 Å². The molecule has 43 heavy (non-hydrogen) atoms. The van der Waals surface area contributed by atoms with Crippen molar-refractivity contribution in [1.29, 1.82) is 0 Å². The Hall–Kier alpha value is -3.55. The molecular formula is C35H38FN5O2. The average molecular weight is 580 g/mol. The molecule has 0 unspecified atom stereocenters. The number of carbonyl (C=O) groups excluding carboxylic acids is 1. The van der Waals surface area contributed by atoms with E-state index in [1.54, 1.807) is 0 Å². The Morgan fingerprint density at radius 3 is 2.44 bits per heavy atom. The number of fused-ring (bicyclic) bond motifs is 4. The van der Waals surface area contributed by atoms with E-state index in [1.807, 2.05) is 18.0 Å². The van der Waals surface area contributed by atoms with Crippen molar-refractivity contribution >= 4 is 17.2 Å². The number of aryl methyl sites for hydroxylation is 2. The molecule has 0 aliphatic heterocycles. The fourth-order valence-electron chi connectivity index (χ4n) is 8.97. The summed E-state index contributed by atoms with van der Waals surface area (Å²) < 4.78 is 22.6. The van der Waals surface area contributed by atoms with Gasteiger partial charge in [-0.05, 0) is 125 Å². The maximum Gasteiger partial charge on any atom is 0.233 e. The summed E-state index contributed by atoms with van der Waals surface area (Å²) in [5.74, 6) is 2.34. The predicted octanol–water partition coefficient (Wildman–Crippen LogP) is 7.40. The molecule has 7 aliphatic rings. The summed E-state index contributed by atoms with van der Waals surface area (Å²) in [4.78, 5) is 25.9. The largest absolute Gasteiger partial charge is 0.339 e. The molecule has 3 aromatic heterocycles. The van der Waals surface area contributed by atoms with E-state index >= 15 is 0 Å². The Balaban J connectivity index is 1.02. The number of benzene rings is 1. The molecule has 4 bridgehead atoms. The Bertz CT molecular complexity index is 1760. The minimum Gasteiger partial charge on any atom is -0.339 e. The van der Waals surface area contributed by atoms with Gasteiger partial charge in [0.25, 0.3) is 0 Å². The molecule has 7 nitrogen and oxygen atoms in total. The van der Waals surface area contributed by atoms with Gasteiger partial charge in [0.2, 0.25) is 11.8 Å². The lowest BCUT2D eigenvalue weighted by atomic mass is 9.41. The minimum atomic E-state index is -1.12. The molecule has 7 saturated carbocycles. The lowest BCUT2D eigenvalue weighted by Gasteiger charge is -2.65. The van der Waals surface area contributed by atoms with E-state index in [-0.39, 0.29) is 16.7 Å². The summed E-state index contributed by atoms with van der Waals surface area (Å²) >= 11 is 0. The molecular weight excluding hydrogens is 541 g/mol. The number of hydrogen-bond donors (Lipinski definition) is 0. The molecule has 0 spiro atoms. The number of halogens is 1. The van der Waals surface area contributed by atoms with E-state index in [0.717, 1.165) is 84.0 Å². The Morgan fingerprint density at radius 1 is 1.00 bits per heavy atom. The van der Waals surface area contributed by atoms with Crippen LogP contribution >= 0.6 is 0 Å². The molecule has 7 fully saturated rings. The quantitative estimate of drug-likeness (QED) is 0.228. The number of amides is 1. The number of hydrogen-bond acceptors (Lipinski definition) is 5. The van der Waals surface area contributed by atoms with Crippen LogP contribution in [0.3, 0.4) is 0 Å². The zero-order valence-corrected chi connectivity index (χ0v) is 25.0. The highest BCUT2D eigenvalue weighted by atomic mass is 19.1. The van der Waals surface area contributed by atoms with Gasteiger partial charge in [0.1, 0.15) is 11.3 Å². The number of anilines is 1. The summed E-state index contributed by atoms with van der Waals surface area (Å²) in [6, 6.07) is 10.6. The number of nitrogens with zero attached hydrogens (tertiary/aromatic N) is 5. The highest BCUT2D eigenvalue weighted by Gasteiger charge is 2.73. The van der Waals surface area contributed by atoms with Crippen molar-refractivity contribution in [3.05, 3.63) is 65.7 Å². The van der Waals surface area contributed by atoms with Crippen molar-refractivity contribution in [3.8, 4) is 11.1 Å². The van der Waals surface area contributed by atoms with E-state index in [1.165, 1.54) is 12.8 Å². The molecule has 0 atom stereocenters. The second kappa shape index (κ2) is 8.54. The normalized spacial score (nSPS) is 32.4. The third kappa shape index (κ3) is 3.90. The van der Waals surface area contributed by atoms with E-state index in [0.29, 0.717) is 31.7 Å². The van der Waals surface area contributed by atoms with Crippen molar-refractivity contribution in [1.82, 2.24) is 19.5 Å². The third-order valence-electron chi connectivity index (χ3n) is 11.7. The monoisotopic (exact) mass is 579 g/mol. The molecule has 222 valence electrons. The van der Waals surface area contributed by atoms with Crippen molar-refractivity contribution in [2.45, 2.75) is 101 Å². The maximum absolute atomic E-state index is 14.7. The molecule has 4 aromatic rings. The summed E-state index contributed by atoms with van der Waals surface area (Å²) in [7, 11) is 0. The van der Waals surface area contributed by atoms with Crippen LogP contribution in [0.4, 0.5) is 10.1 Å². The van der Waals surface area contributed by atoms with Crippen molar-refractivity contribution < 1.29 is 13.7 Å². The molecule has 3 heterocycles. The number of pyridine rings is 1. The Kier molecular flexibility index (Phi) is 5.15. The summed E-state index contributed by atoms with van der Waals surface area (Å²) in [6.07, 6.45) is 13.8. The first-order chi connectivity index (χ1) is 20.7. The van der Waals surface area contributed by atoms with E-state index < -0.39 is 11.1 Å². The average Bonchev–Trinajstić information content (AvgIpc) is 3.57. The number of alkyl halides is 1. The van der Waals surface area contributed by atoms with Gasteiger partial charge in [0, 0.05) is 36.0 Å². The molecule has 1 amide bonds. The molecule has 1 aromatic carbocycles. The van der Waals surface area contributed by atoms with Gasteiger partial charge in [-0.25, -0.2) is 9.37 Å². The van der Waals surface area contributed by atoms with Crippen molar-refractivity contribution in [3.63, 3.8) is 0 Å². The van der Waals surface area contributed by atoms with E-state index in [4.69, 9.17) is 9.51 Å². The second-order valence-electron chi connectivity index (χ2n) is 14.9. The Labute approximate surface area is 250 Å². The third-order valence-corrected chi connectivity index (χ3v) is 11.7.